The monoisotopic (exact) mass is 347 g/mol. The second kappa shape index (κ2) is 7.39. The highest BCUT2D eigenvalue weighted by Gasteiger charge is 2.48. The largest absolute Gasteiger partial charge is 0.468 e. The Labute approximate surface area is 147 Å². The van der Waals surface area contributed by atoms with Crippen LogP contribution in [0.25, 0.3) is 0 Å². The lowest BCUT2D eigenvalue weighted by atomic mass is 9.81. The van der Waals surface area contributed by atoms with Crippen LogP contribution in [0.1, 0.15) is 37.5 Å². The third-order valence-electron chi connectivity index (χ3n) is 5.22. The molecule has 3 rings (SSSR count). The molecule has 7 heteroatoms. The molecule has 3 amide bonds. The molecule has 1 saturated carbocycles. The van der Waals surface area contributed by atoms with Crippen LogP contribution in [0, 0.1) is 11.8 Å². The van der Waals surface area contributed by atoms with Gasteiger partial charge in [0.1, 0.15) is 12.3 Å². The molecule has 1 aliphatic carbocycles. The first-order valence-corrected chi connectivity index (χ1v) is 8.80. The van der Waals surface area contributed by atoms with Crippen molar-refractivity contribution in [2.75, 3.05) is 27.2 Å². The minimum atomic E-state index is -0.321. The second-order valence-electron chi connectivity index (χ2n) is 7.06. The summed E-state index contributed by atoms with van der Waals surface area (Å²) in [5.74, 6) is -0.359. The number of rotatable bonds is 6. The summed E-state index contributed by atoms with van der Waals surface area (Å²) in [5.41, 5.74) is 0. The molecule has 1 aromatic heterocycles. The molecule has 1 aliphatic heterocycles. The van der Waals surface area contributed by atoms with Gasteiger partial charge in [0.25, 0.3) is 0 Å². The van der Waals surface area contributed by atoms with Crippen LogP contribution in [-0.2, 0) is 14.4 Å². The topological polar surface area (TPSA) is 82.9 Å². The molecule has 7 nitrogen and oxygen atoms in total. The summed E-state index contributed by atoms with van der Waals surface area (Å²) in [6.07, 6.45) is 5.07. The van der Waals surface area contributed by atoms with Crippen LogP contribution in [0.3, 0.4) is 0 Å². The highest BCUT2D eigenvalue weighted by molar-refractivity contribution is 6.07. The zero-order valence-electron chi connectivity index (χ0n) is 14.7. The number of fused-ring (bicyclic) bond motifs is 1. The van der Waals surface area contributed by atoms with Crippen molar-refractivity contribution in [3.8, 4) is 0 Å². The molecular formula is C18H25N3O4. The SMILES string of the molecule is CN(C)[C@@H](CNC(=O)CN1C(=O)[C@H]2CCCC[C@H]2C1=O)c1ccco1. The lowest BCUT2D eigenvalue weighted by Crippen LogP contribution is -2.43. The van der Waals surface area contributed by atoms with E-state index in [1.54, 1.807) is 12.3 Å². The fourth-order valence-corrected chi connectivity index (χ4v) is 3.82. The molecule has 1 N–H and O–H groups in total. The molecule has 0 aromatic carbocycles. The van der Waals surface area contributed by atoms with Gasteiger partial charge in [-0.25, -0.2) is 0 Å². The van der Waals surface area contributed by atoms with Gasteiger partial charge in [-0.15, -0.1) is 0 Å². The third-order valence-corrected chi connectivity index (χ3v) is 5.22. The molecule has 1 saturated heterocycles. The first-order valence-electron chi connectivity index (χ1n) is 8.80. The molecular weight excluding hydrogens is 322 g/mol. The number of hydrogen-bond acceptors (Lipinski definition) is 5. The van der Waals surface area contributed by atoms with Crippen LogP contribution in [0.2, 0.25) is 0 Å². The minimum absolute atomic E-state index is 0.105. The van der Waals surface area contributed by atoms with E-state index >= 15 is 0 Å². The molecule has 0 radical (unpaired) electrons. The Morgan fingerprint density at radius 3 is 2.44 bits per heavy atom. The predicted octanol–water partition coefficient (Wildman–Crippen LogP) is 1.17. The number of carbonyl (C=O) groups excluding carboxylic acids is 3. The molecule has 0 bridgehead atoms. The van der Waals surface area contributed by atoms with Crippen molar-refractivity contribution in [2.24, 2.45) is 11.8 Å². The van der Waals surface area contributed by atoms with E-state index in [-0.39, 0.29) is 42.1 Å². The summed E-state index contributed by atoms with van der Waals surface area (Å²) in [4.78, 5) is 40.2. The van der Waals surface area contributed by atoms with E-state index in [1.807, 2.05) is 25.1 Å². The summed E-state index contributed by atoms with van der Waals surface area (Å²) >= 11 is 0. The Morgan fingerprint density at radius 2 is 1.92 bits per heavy atom. The van der Waals surface area contributed by atoms with Crippen LogP contribution >= 0.6 is 0 Å². The summed E-state index contributed by atoms with van der Waals surface area (Å²) in [5, 5.41) is 2.81. The van der Waals surface area contributed by atoms with Gasteiger partial charge in [-0.1, -0.05) is 12.8 Å². The maximum absolute atomic E-state index is 12.4. The van der Waals surface area contributed by atoms with Crippen LogP contribution in [0.5, 0.6) is 0 Å². The zero-order valence-corrected chi connectivity index (χ0v) is 14.7. The highest BCUT2D eigenvalue weighted by atomic mass is 16.3. The van der Waals surface area contributed by atoms with Gasteiger partial charge in [-0.05, 0) is 39.1 Å². The van der Waals surface area contributed by atoms with E-state index in [1.165, 1.54) is 0 Å². The smallest absolute Gasteiger partial charge is 0.240 e. The number of carbonyl (C=O) groups is 3. The summed E-state index contributed by atoms with van der Waals surface area (Å²) in [7, 11) is 3.80. The Balaban J connectivity index is 1.57. The van der Waals surface area contributed by atoms with Crippen molar-refractivity contribution in [1.29, 1.82) is 0 Å². The molecule has 2 fully saturated rings. The van der Waals surface area contributed by atoms with Gasteiger partial charge in [0.2, 0.25) is 17.7 Å². The number of amides is 3. The average molecular weight is 347 g/mol. The maximum Gasteiger partial charge on any atom is 0.240 e. The number of nitrogens with zero attached hydrogens (tertiary/aromatic N) is 2. The van der Waals surface area contributed by atoms with E-state index in [2.05, 4.69) is 5.32 Å². The predicted molar refractivity (Wildman–Crippen MR) is 90.3 cm³/mol. The fourth-order valence-electron chi connectivity index (χ4n) is 3.82. The Hall–Kier alpha value is -2.15. The quantitative estimate of drug-likeness (QED) is 0.781. The minimum Gasteiger partial charge on any atom is -0.468 e. The average Bonchev–Trinajstić information content (AvgIpc) is 3.19. The number of furan rings is 1. The van der Waals surface area contributed by atoms with E-state index in [4.69, 9.17) is 4.42 Å². The van der Waals surface area contributed by atoms with Gasteiger partial charge in [-0.3, -0.25) is 24.2 Å². The van der Waals surface area contributed by atoms with Gasteiger partial charge < -0.3 is 9.73 Å². The Bertz CT molecular complexity index is 617. The maximum atomic E-state index is 12.4. The van der Waals surface area contributed by atoms with Crippen molar-refractivity contribution in [3.63, 3.8) is 0 Å². The van der Waals surface area contributed by atoms with Crippen molar-refractivity contribution in [1.82, 2.24) is 15.1 Å². The fraction of sp³-hybridized carbons (Fsp3) is 0.611. The summed E-state index contributed by atoms with van der Waals surface area (Å²) < 4.78 is 5.41. The molecule has 25 heavy (non-hydrogen) atoms. The van der Waals surface area contributed by atoms with Crippen molar-refractivity contribution >= 4 is 17.7 Å². The first kappa shape index (κ1) is 17.7. The zero-order chi connectivity index (χ0) is 18.0. The number of hydrogen-bond donors (Lipinski definition) is 1. The number of likely N-dealkylation sites (tertiary alicyclic amines) is 1. The molecule has 136 valence electrons. The van der Waals surface area contributed by atoms with Gasteiger partial charge in [0.05, 0.1) is 24.1 Å². The lowest BCUT2D eigenvalue weighted by Gasteiger charge is -2.23. The third kappa shape index (κ3) is 3.61. The van der Waals surface area contributed by atoms with Crippen molar-refractivity contribution < 1.29 is 18.8 Å². The normalized spacial score (nSPS) is 24.5. The molecule has 2 aliphatic rings. The number of imide groups is 1. The molecule has 3 atom stereocenters. The summed E-state index contributed by atoms with van der Waals surface area (Å²) in [6, 6.07) is 3.55. The van der Waals surface area contributed by atoms with Crippen LogP contribution in [0.15, 0.2) is 22.8 Å². The molecule has 1 aromatic rings. The second-order valence-corrected chi connectivity index (χ2v) is 7.06. The van der Waals surface area contributed by atoms with Crippen LogP contribution in [-0.4, -0.2) is 54.7 Å². The van der Waals surface area contributed by atoms with Gasteiger partial charge in [0, 0.05) is 6.54 Å². The van der Waals surface area contributed by atoms with Crippen molar-refractivity contribution in [3.05, 3.63) is 24.2 Å². The van der Waals surface area contributed by atoms with E-state index < -0.39 is 0 Å². The molecule has 2 heterocycles. The molecule has 0 spiro atoms. The van der Waals surface area contributed by atoms with Crippen molar-refractivity contribution in [2.45, 2.75) is 31.7 Å². The van der Waals surface area contributed by atoms with E-state index in [9.17, 15) is 14.4 Å². The van der Waals surface area contributed by atoms with Gasteiger partial charge in [-0.2, -0.15) is 0 Å². The van der Waals surface area contributed by atoms with Gasteiger partial charge in [0.15, 0.2) is 0 Å². The summed E-state index contributed by atoms with van der Waals surface area (Å²) in [6.45, 7) is 0.158. The van der Waals surface area contributed by atoms with E-state index in [0.29, 0.717) is 6.54 Å². The Morgan fingerprint density at radius 1 is 1.28 bits per heavy atom. The van der Waals surface area contributed by atoms with Crippen LogP contribution in [0.4, 0.5) is 0 Å². The highest BCUT2D eigenvalue weighted by Crippen LogP contribution is 2.37. The Kier molecular flexibility index (Phi) is 5.22. The van der Waals surface area contributed by atoms with Gasteiger partial charge >= 0.3 is 0 Å². The number of nitrogens with one attached hydrogen (secondary N) is 1. The van der Waals surface area contributed by atoms with Crippen LogP contribution < -0.4 is 5.32 Å². The first-order chi connectivity index (χ1) is 12.0. The van der Waals surface area contributed by atoms with E-state index in [0.717, 1.165) is 36.3 Å². The lowest BCUT2D eigenvalue weighted by molar-refractivity contribution is -0.143. The standard InChI is InChI=1S/C18H25N3O4/c1-20(2)14(15-8-5-9-25-15)10-19-16(22)11-21-17(23)12-6-3-4-7-13(12)18(21)24/h5,8-9,12-14H,3-4,6-7,10-11H2,1-2H3,(H,19,22)/t12-,13+,14-/m0/s1. The molecule has 0 unspecified atom stereocenters. The number of likely N-dealkylation sites (N-methyl/N-ethyl adjacent to an activating group) is 1.